The van der Waals surface area contributed by atoms with Gasteiger partial charge in [-0.2, -0.15) is 0 Å². The van der Waals surface area contributed by atoms with E-state index in [4.69, 9.17) is 4.74 Å². The normalized spacial score (nSPS) is 10.2. The highest BCUT2D eigenvalue weighted by atomic mass is 16.5. The van der Waals surface area contributed by atoms with Crippen LogP contribution >= 0.6 is 0 Å². The third kappa shape index (κ3) is 4.32. The molecule has 0 bridgehead atoms. The molecule has 0 spiro atoms. The molecular formula is C19H18N4O2. The zero-order valence-corrected chi connectivity index (χ0v) is 14.0. The molecule has 6 nitrogen and oxygen atoms in total. The van der Waals surface area contributed by atoms with E-state index in [-0.39, 0.29) is 5.91 Å². The van der Waals surface area contributed by atoms with Crippen molar-refractivity contribution in [3.05, 3.63) is 72.1 Å². The van der Waals surface area contributed by atoms with Crippen LogP contribution in [0.3, 0.4) is 0 Å². The van der Waals surface area contributed by atoms with Crippen LogP contribution < -0.4 is 15.4 Å². The van der Waals surface area contributed by atoms with Gasteiger partial charge >= 0.3 is 0 Å². The molecule has 0 radical (unpaired) electrons. The molecular weight excluding hydrogens is 316 g/mol. The summed E-state index contributed by atoms with van der Waals surface area (Å²) in [5.41, 5.74) is 3.04. The van der Waals surface area contributed by atoms with E-state index < -0.39 is 0 Å². The summed E-state index contributed by atoms with van der Waals surface area (Å²) in [4.78, 5) is 20.6. The topological polar surface area (TPSA) is 76.1 Å². The van der Waals surface area contributed by atoms with Crippen LogP contribution in [0.2, 0.25) is 0 Å². The molecule has 1 aromatic heterocycles. The number of amides is 1. The number of rotatable bonds is 5. The van der Waals surface area contributed by atoms with Gasteiger partial charge in [-0.3, -0.25) is 4.79 Å². The van der Waals surface area contributed by atoms with Crippen LogP contribution in [0.1, 0.15) is 15.9 Å². The molecule has 1 amide bonds. The summed E-state index contributed by atoms with van der Waals surface area (Å²) in [5.74, 6) is 0.938. The fourth-order valence-corrected chi connectivity index (χ4v) is 2.24. The Kier molecular flexibility index (Phi) is 4.89. The molecule has 0 saturated heterocycles. The molecule has 0 fully saturated rings. The Morgan fingerprint density at radius 1 is 1.00 bits per heavy atom. The molecule has 1 heterocycles. The van der Waals surface area contributed by atoms with E-state index in [1.54, 1.807) is 7.11 Å². The highest BCUT2D eigenvalue weighted by Gasteiger charge is 2.08. The number of carbonyl (C=O) groups excluding carboxylic acids is 1. The van der Waals surface area contributed by atoms with E-state index in [1.165, 1.54) is 12.4 Å². The largest absolute Gasteiger partial charge is 0.497 e. The summed E-state index contributed by atoms with van der Waals surface area (Å²) in [5, 5.41) is 5.90. The Balaban J connectivity index is 1.65. The van der Waals surface area contributed by atoms with Crippen LogP contribution in [0.25, 0.3) is 0 Å². The molecule has 2 aromatic carbocycles. The van der Waals surface area contributed by atoms with Crippen molar-refractivity contribution in [1.29, 1.82) is 0 Å². The van der Waals surface area contributed by atoms with Crippen molar-refractivity contribution < 1.29 is 9.53 Å². The molecule has 0 atom stereocenters. The van der Waals surface area contributed by atoms with Crippen LogP contribution in [-0.4, -0.2) is 23.0 Å². The lowest BCUT2D eigenvalue weighted by atomic mass is 10.2. The number of aryl methyl sites for hydroxylation is 1. The van der Waals surface area contributed by atoms with Crippen molar-refractivity contribution in [3.8, 4) is 5.75 Å². The second-order valence-electron chi connectivity index (χ2n) is 5.47. The van der Waals surface area contributed by atoms with Crippen LogP contribution in [0.4, 0.5) is 17.3 Å². The predicted octanol–water partition coefficient (Wildman–Crippen LogP) is 3.79. The molecule has 0 saturated carbocycles. The van der Waals surface area contributed by atoms with Crippen LogP contribution in [0.5, 0.6) is 5.75 Å². The average molecular weight is 334 g/mol. The van der Waals surface area contributed by atoms with Gasteiger partial charge < -0.3 is 15.4 Å². The molecule has 2 N–H and O–H groups in total. The Morgan fingerprint density at radius 2 is 1.72 bits per heavy atom. The number of methoxy groups -OCH3 is 1. The summed E-state index contributed by atoms with van der Waals surface area (Å²) in [6.07, 6.45) is 2.98. The molecule has 3 aromatic rings. The first-order chi connectivity index (χ1) is 12.1. The lowest BCUT2D eigenvalue weighted by Crippen LogP contribution is -2.13. The minimum atomic E-state index is -0.249. The van der Waals surface area contributed by atoms with Gasteiger partial charge in [0.05, 0.1) is 12.7 Å². The van der Waals surface area contributed by atoms with E-state index >= 15 is 0 Å². The number of carbonyl (C=O) groups is 1. The lowest BCUT2D eigenvalue weighted by Gasteiger charge is -2.08. The van der Waals surface area contributed by atoms with E-state index in [9.17, 15) is 4.79 Å². The Labute approximate surface area is 145 Å². The fourth-order valence-electron chi connectivity index (χ4n) is 2.24. The van der Waals surface area contributed by atoms with Crippen molar-refractivity contribution in [2.75, 3.05) is 17.7 Å². The second-order valence-corrected chi connectivity index (χ2v) is 5.47. The minimum absolute atomic E-state index is 0.249. The first-order valence-corrected chi connectivity index (χ1v) is 7.75. The SMILES string of the molecule is COc1ccc(Nc2ncc(C(=O)Nc3cccc(C)c3)cn2)cc1. The van der Waals surface area contributed by atoms with Crippen molar-refractivity contribution in [2.45, 2.75) is 6.92 Å². The van der Waals surface area contributed by atoms with Gasteiger partial charge in [0.1, 0.15) is 5.75 Å². The summed E-state index contributed by atoms with van der Waals surface area (Å²) < 4.78 is 5.11. The Hall–Kier alpha value is -3.41. The van der Waals surface area contributed by atoms with Crippen molar-refractivity contribution in [2.24, 2.45) is 0 Å². The van der Waals surface area contributed by atoms with Crippen molar-refractivity contribution in [3.63, 3.8) is 0 Å². The Bertz CT molecular complexity index is 861. The van der Waals surface area contributed by atoms with Crippen LogP contribution in [-0.2, 0) is 0 Å². The number of hydrogen-bond donors (Lipinski definition) is 2. The molecule has 25 heavy (non-hydrogen) atoms. The van der Waals surface area contributed by atoms with E-state index in [2.05, 4.69) is 20.6 Å². The van der Waals surface area contributed by atoms with E-state index in [1.807, 2.05) is 55.5 Å². The highest BCUT2D eigenvalue weighted by molar-refractivity contribution is 6.03. The third-order valence-corrected chi connectivity index (χ3v) is 3.54. The lowest BCUT2D eigenvalue weighted by molar-refractivity contribution is 0.102. The molecule has 0 aliphatic carbocycles. The maximum absolute atomic E-state index is 12.2. The van der Waals surface area contributed by atoms with Gasteiger partial charge in [-0.15, -0.1) is 0 Å². The summed E-state index contributed by atoms with van der Waals surface area (Å²) in [6, 6.07) is 15.0. The molecule has 0 aliphatic heterocycles. The van der Waals surface area contributed by atoms with Gasteiger partial charge in [-0.1, -0.05) is 12.1 Å². The van der Waals surface area contributed by atoms with E-state index in [0.29, 0.717) is 11.5 Å². The number of nitrogens with zero attached hydrogens (tertiary/aromatic N) is 2. The van der Waals surface area contributed by atoms with Gasteiger partial charge in [0.15, 0.2) is 0 Å². The Morgan fingerprint density at radius 3 is 2.36 bits per heavy atom. The quantitative estimate of drug-likeness (QED) is 0.742. The van der Waals surface area contributed by atoms with Crippen LogP contribution in [0, 0.1) is 6.92 Å². The first-order valence-electron chi connectivity index (χ1n) is 7.75. The number of anilines is 3. The standard InChI is InChI=1S/C19H18N4O2/c1-13-4-3-5-16(10-13)22-18(24)14-11-20-19(21-12-14)23-15-6-8-17(25-2)9-7-15/h3-12H,1-2H3,(H,22,24)(H,20,21,23). The fraction of sp³-hybridized carbons (Fsp3) is 0.105. The number of benzene rings is 2. The van der Waals surface area contributed by atoms with Gasteiger partial charge in [0.25, 0.3) is 5.91 Å². The monoisotopic (exact) mass is 334 g/mol. The van der Waals surface area contributed by atoms with Crippen molar-refractivity contribution >= 4 is 23.2 Å². The second kappa shape index (κ2) is 7.44. The highest BCUT2D eigenvalue weighted by Crippen LogP contribution is 2.18. The minimum Gasteiger partial charge on any atom is -0.497 e. The number of ether oxygens (including phenoxy) is 1. The zero-order chi connectivity index (χ0) is 17.6. The molecule has 6 heteroatoms. The maximum Gasteiger partial charge on any atom is 0.258 e. The zero-order valence-electron chi connectivity index (χ0n) is 14.0. The third-order valence-electron chi connectivity index (χ3n) is 3.54. The summed E-state index contributed by atoms with van der Waals surface area (Å²) in [7, 11) is 1.62. The predicted molar refractivity (Wildman–Crippen MR) is 97.4 cm³/mol. The first kappa shape index (κ1) is 16.4. The van der Waals surface area contributed by atoms with Gasteiger partial charge in [-0.05, 0) is 48.9 Å². The number of aromatic nitrogens is 2. The molecule has 0 aliphatic rings. The molecule has 0 unspecified atom stereocenters. The number of hydrogen-bond acceptors (Lipinski definition) is 5. The van der Waals surface area contributed by atoms with Crippen LogP contribution in [0.15, 0.2) is 60.9 Å². The average Bonchev–Trinajstić information content (AvgIpc) is 2.63. The molecule has 126 valence electrons. The van der Waals surface area contributed by atoms with E-state index in [0.717, 1.165) is 22.7 Å². The van der Waals surface area contributed by atoms with Crippen molar-refractivity contribution in [1.82, 2.24) is 9.97 Å². The smallest absolute Gasteiger partial charge is 0.258 e. The molecule has 3 rings (SSSR count). The van der Waals surface area contributed by atoms with Gasteiger partial charge in [0, 0.05) is 23.8 Å². The summed E-state index contributed by atoms with van der Waals surface area (Å²) >= 11 is 0. The van der Waals surface area contributed by atoms with Gasteiger partial charge in [0.2, 0.25) is 5.95 Å². The number of nitrogens with one attached hydrogen (secondary N) is 2. The maximum atomic E-state index is 12.2. The van der Waals surface area contributed by atoms with Gasteiger partial charge in [-0.25, -0.2) is 9.97 Å². The summed E-state index contributed by atoms with van der Waals surface area (Å²) in [6.45, 7) is 1.97.